The van der Waals surface area contributed by atoms with Crippen molar-refractivity contribution in [2.75, 3.05) is 39.6 Å². The topological polar surface area (TPSA) is 80.1 Å². The van der Waals surface area contributed by atoms with E-state index in [1.54, 1.807) is 0 Å². The van der Waals surface area contributed by atoms with E-state index in [0.717, 1.165) is 118 Å². The van der Waals surface area contributed by atoms with Crippen LogP contribution in [0.4, 0.5) is 11.4 Å². The Bertz CT molecular complexity index is 2810. The highest BCUT2D eigenvalue weighted by Gasteiger charge is 2.21. The second kappa shape index (κ2) is 69.5. The summed E-state index contributed by atoms with van der Waals surface area (Å²) in [6, 6.07) is 34.6. The van der Waals surface area contributed by atoms with Crippen LogP contribution in [0.5, 0.6) is 34.5 Å². The molecule has 0 bridgehead atoms. The average Bonchev–Trinajstić information content (AvgIpc) is 0.823. The standard InChI is InChI=1S/C104H168N2O6/c1-7-13-19-25-31-37-43-49-55-61-83-107-99-81-75-95(101(109-85-63-57-51-45-39-33-27-21-15-9-3)103(99)111-87-65-59-53-47-41-35-29-23-17-11-5)89-105-97-77-71-93(72-78-97)91-67-69-92(70-68-91)94-73-79-98(80-74-94)106-90-96-76-82-100(108-84-62-56-50-44-38-32-26-20-14-8-2)104(112-88-66-60-54-48-42-36-30-24-18-12-6)102(96)110-86-64-58-52-46-40-34-28-22-16-10-4/h67-82,89-90H,7-66,83-88H2,1-6H3. The van der Waals surface area contributed by atoms with Crippen molar-refractivity contribution in [2.45, 2.75) is 427 Å². The van der Waals surface area contributed by atoms with Gasteiger partial charge < -0.3 is 28.4 Å². The van der Waals surface area contributed by atoms with Gasteiger partial charge in [0.15, 0.2) is 23.0 Å². The lowest BCUT2D eigenvalue weighted by Crippen LogP contribution is -2.08. The summed E-state index contributed by atoms with van der Waals surface area (Å²) >= 11 is 0. The smallest absolute Gasteiger partial charge is 0.204 e. The molecule has 112 heavy (non-hydrogen) atoms. The van der Waals surface area contributed by atoms with E-state index in [0.29, 0.717) is 39.6 Å². The van der Waals surface area contributed by atoms with Gasteiger partial charge in [-0.2, -0.15) is 0 Å². The van der Waals surface area contributed by atoms with E-state index in [1.807, 2.05) is 12.4 Å². The fourth-order valence-corrected chi connectivity index (χ4v) is 15.3. The zero-order valence-corrected chi connectivity index (χ0v) is 73.4. The van der Waals surface area contributed by atoms with Crippen molar-refractivity contribution < 1.29 is 28.4 Å². The fourth-order valence-electron chi connectivity index (χ4n) is 15.3. The third-order valence-corrected chi connectivity index (χ3v) is 22.7. The first kappa shape index (κ1) is 96.8. The molecule has 0 heterocycles. The summed E-state index contributed by atoms with van der Waals surface area (Å²) < 4.78 is 40.7. The lowest BCUT2D eigenvalue weighted by Gasteiger charge is -2.19. The van der Waals surface area contributed by atoms with Crippen LogP contribution >= 0.6 is 0 Å². The minimum absolute atomic E-state index is 0.639. The molecule has 0 amide bonds. The van der Waals surface area contributed by atoms with E-state index in [2.05, 4.69) is 139 Å². The van der Waals surface area contributed by atoms with E-state index in [1.165, 1.54) is 347 Å². The highest BCUT2D eigenvalue weighted by molar-refractivity contribution is 5.89. The molecule has 0 radical (unpaired) electrons. The molecule has 0 atom stereocenters. The Labute approximate surface area is 689 Å². The van der Waals surface area contributed by atoms with Gasteiger partial charge in [-0.1, -0.05) is 437 Å². The van der Waals surface area contributed by atoms with Crippen LogP contribution in [0, 0.1) is 0 Å². The number of ether oxygens (including phenoxy) is 6. The van der Waals surface area contributed by atoms with Crippen LogP contribution in [0.25, 0.3) is 22.3 Å². The van der Waals surface area contributed by atoms with Crippen molar-refractivity contribution in [1.82, 2.24) is 0 Å². The van der Waals surface area contributed by atoms with Gasteiger partial charge in [0, 0.05) is 23.6 Å². The van der Waals surface area contributed by atoms with Crippen LogP contribution in [0.2, 0.25) is 0 Å². The maximum Gasteiger partial charge on any atom is 0.204 e. The van der Waals surface area contributed by atoms with Gasteiger partial charge in [-0.15, -0.1) is 0 Å². The van der Waals surface area contributed by atoms with Gasteiger partial charge in [0.1, 0.15) is 0 Å². The number of aliphatic imine (C=N–C) groups is 2. The molecule has 0 N–H and O–H groups in total. The molecule has 0 saturated carbocycles. The van der Waals surface area contributed by atoms with Gasteiger partial charge in [-0.3, -0.25) is 9.98 Å². The summed E-state index contributed by atoms with van der Waals surface area (Å²) in [5.74, 6) is 4.57. The zero-order chi connectivity index (χ0) is 79.1. The molecule has 5 rings (SSSR count). The first-order chi connectivity index (χ1) is 55.5. The second-order valence-electron chi connectivity index (χ2n) is 33.0. The normalized spacial score (nSPS) is 11.6. The molecular formula is C104H168N2O6. The van der Waals surface area contributed by atoms with Crippen LogP contribution in [0.1, 0.15) is 438 Å². The van der Waals surface area contributed by atoms with Crippen LogP contribution in [0.3, 0.4) is 0 Å². The Morgan fingerprint density at radius 3 is 0.554 bits per heavy atom. The van der Waals surface area contributed by atoms with Crippen LogP contribution < -0.4 is 28.4 Å². The molecule has 5 aromatic rings. The van der Waals surface area contributed by atoms with Crippen molar-refractivity contribution >= 4 is 23.8 Å². The molecular weight excluding hydrogens is 1370 g/mol. The molecule has 8 heteroatoms. The number of nitrogens with zero attached hydrogens (tertiary/aromatic N) is 2. The Balaban J connectivity index is 1.30. The molecule has 8 nitrogen and oxygen atoms in total. The van der Waals surface area contributed by atoms with E-state index in [9.17, 15) is 0 Å². The minimum Gasteiger partial charge on any atom is -0.490 e. The van der Waals surface area contributed by atoms with Gasteiger partial charge >= 0.3 is 0 Å². The summed E-state index contributed by atoms with van der Waals surface area (Å²) in [5, 5.41) is 0. The third kappa shape index (κ3) is 46.7. The molecule has 0 aliphatic carbocycles. The monoisotopic (exact) mass is 1540 g/mol. The molecule has 5 aromatic carbocycles. The first-order valence-corrected chi connectivity index (χ1v) is 48.0. The zero-order valence-electron chi connectivity index (χ0n) is 73.4. The van der Waals surface area contributed by atoms with E-state index >= 15 is 0 Å². The summed E-state index contributed by atoms with van der Waals surface area (Å²) in [7, 11) is 0. The van der Waals surface area contributed by atoms with E-state index < -0.39 is 0 Å². The molecule has 630 valence electrons. The van der Waals surface area contributed by atoms with Crippen LogP contribution in [-0.4, -0.2) is 52.1 Å². The van der Waals surface area contributed by atoms with Crippen molar-refractivity contribution in [3.05, 3.63) is 108 Å². The van der Waals surface area contributed by atoms with Gasteiger partial charge in [0.25, 0.3) is 0 Å². The summed E-state index contributed by atoms with van der Waals surface area (Å²) in [6.45, 7) is 17.7. The molecule has 0 saturated heterocycles. The minimum atomic E-state index is 0.639. The van der Waals surface area contributed by atoms with Crippen molar-refractivity contribution in [2.24, 2.45) is 9.98 Å². The lowest BCUT2D eigenvalue weighted by molar-refractivity contribution is 0.234. The third-order valence-electron chi connectivity index (χ3n) is 22.7. The molecule has 0 unspecified atom stereocenters. The van der Waals surface area contributed by atoms with Crippen LogP contribution in [-0.2, 0) is 0 Å². The van der Waals surface area contributed by atoms with Gasteiger partial charge in [-0.05, 0) is 109 Å². The Kier molecular flexibility index (Phi) is 60.1. The summed E-state index contributed by atoms with van der Waals surface area (Å²) in [4.78, 5) is 10.2. The lowest BCUT2D eigenvalue weighted by atomic mass is 10.00. The second-order valence-corrected chi connectivity index (χ2v) is 33.0. The van der Waals surface area contributed by atoms with Crippen molar-refractivity contribution in [3.8, 4) is 56.8 Å². The Morgan fingerprint density at radius 1 is 0.179 bits per heavy atom. The predicted octanol–water partition coefficient (Wildman–Crippen LogP) is 34.3. The molecule has 0 aromatic heterocycles. The number of hydrogen-bond acceptors (Lipinski definition) is 8. The predicted molar refractivity (Wildman–Crippen MR) is 489 cm³/mol. The van der Waals surface area contributed by atoms with Crippen molar-refractivity contribution in [3.63, 3.8) is 0 Å². The van der Waals surface area contributed by atoms with E-state index in [-0.39, 0.29) is 0 Å². The summed E-state index contributed by atoms with van der Waals surface area (Å²) in [5.41, 5.74) is 8.24. The van der Waals surface area contributed by atoms with Crippen molar-refractivity contribution in [1.29, 1.82) is 0 Å². The number of unbranched alkanes of at least 4 members (excludes halogenated alkanes) is 54. The Hall–Kier alpha value is -5.76. The largest absolute Gasteiger partial charge is 0.490 e. The highest BCUT2D eigenvalue weighted by Crippen LogP contribution is 2.43. The molecule has 0 aliphatic rings. The SMILES string of the molecule is CCCCCCCCCCCCOc1ccc(C=Nc2ccc(-c3ccc(-c4ccc(N=Cc5ccc(OCCCCCCCCCCCC)c(OCCCCCCCCCCCC)c5OCCCCCCCCCCCC)cc4)cc3)cc2)c(OCCCCCCCCCCCC)c1OCCCCCCCCCCCC. The number of benzene rings is 5. The number of hydrogen-bond donors (Lipinski definition) is 0. The van der Waals surface area contributed by atoms with Gasteiger partial charge in [-0.25, -0.2) is 0 Å². The Morgan fingerprint density at radius 2 is 0.348 bits per heavy atom. The highest BCUT2D eigenvalue weighted by atomic mass is 16.5. The maximum absolute atomic E-state index is 6.86. The first-order valence-electron chi connectivity index (χ1n) is 48.0. The molecule has 0 aliphatic heterocycles. The number of rotatable bonds is 78. The van der Waals surface area contributed by atoms with Gasteiger partial charge in [0.2, 0.25) is 11.5 Å². The molecule has 0 spiro atoms. The van der Waals surface area contributed by atoms with Gasteiger partial charge in [0.05, 0.1) is 51.0 Å². The summed E-state index contributed by atoms with van der Waals surface area (Å²) in [6.07, 6.45) is 81.3. The van der Waals surface area contributed by atoms with E-state index in [4.69, 9.17) is 38.4 Å². The van der Waals surface area contributed by atoms with Crippen LogP contribution in [0.15, 0.2) is 107 Å². The fraction of sp³-hybridized carbons (Fsp3) is 0.692. The quantitative estimate of drug-likeness (QED) is 0.0285. The average molecular weight is 1540 g/mol. The molecule has 0 fully saturated rings. The maximum atomic E-state index is 6.86.